The van der Waals surface area contributed by atoms with Crippen molar-refractivity contribution in [3.05, 3.63) is 62.6 Å². The summed E-state index contributed by atoms with van der Waals surface area (Å²) in [6.07, 6.45) is 2.70. The molecular weight excluding hydrogens is 407 g/mol. The summed E-state index contributed by atoms with van der Waals surface area (Å²) in [4.78, 5) is 15.0. The van der Waals surface area contributed by atoms with Crippen molar-refractivity contribution in [2.75, 3.05) is 19.6 Å². The molecule has 1 fully saturated rings. The van der Waals surface area contributed by atoms with Crippen molar-refractivity contribution in [2.45, 2.75) is 25.3 Å². The maximum absolute atomic E-state index is 12.6. The van der Waals surface area contributed by atoms with Crippen LogP contribution in [0.3, 0.4) is 0 Å². The number of hydrogen-bond donors (Lipinski definition) is 2. The second kappa shape index (κ2) is 9.16. The van der Waals surface area contributed by atoms with E-state index in [-0.39, 0.29) is 32.4 Å². The van der Waals surface area contributed by atoms with Crippen molar-refractivity contribution >= 4 is 40.7 Å². The van der Waals surface area contributed by atoms with Crippen LogP contribution in [0.25, 0.3) is 0 Å². The van der Waals surface area contributed by atoms with Gasteiger partial charge in [-0.25, -0.2) is 0 Å². The van der Waals surface area contributed by atoms with Crippen molar-refractivity contribution in [3.8, 4) is 5.75 Å². The number of nitrogens with one attached hydrogen (secondary N) is 1. The summed E-state index contributed by atoms with van der Waals surface area (Å²) in [7, 11) is 0. The lowest BCUT2D eigenvalue weighted by Crippen LogP contribution is -2.45. The van der Waals surface area contributed by atoms with Gasteiger partial charge < -0.3 is 15.3 Å². The maximum atomic E-state index is 12.6. The fraction of sp³-hybridized carbons (Fsp3) is 0.350. The van der Waals surface area contributed by atoms with Gasteiger partial charge in [-0.2, -0.15) is 0 Å². The predicted octanol–water partition coefficient (Wildman–Crippen LogP) is 4.79. The zero-order valence-corrected chi connectivity index (χ0v) is 17.0. The number of amides is 1. The smallest absolute Gasteiger partial charge is 0.256 e. The molecule has 2 aromatic rings. The zero-order chi connectivity index (χ0) is 19.4. The number of likely N-dealkylation sites (tertiary alicyclic amines) is 1. The standard InChI is InChI=1S/C20H21Cl3N2O2/c21-15-12-16(22)19(26)17(18(15)23)20(27)24-14-7-10-25(11-8-14)9-6-13-4-2-1-3-5-13/h1-5,12,14,26H,6-11H2,(H,24,27). The lowest BCUT2D eigenvalue weighted by atomic mass is 10.0. The first-order valence-electron chi connectivity index (χ1n) is 8.89. The largest absolute Gasteiger partial charge is 0.505 e. The summed E-state index contributed by atoms with van der Waals surface area (Å²) < 4.78 is 0. The van der Waals surface area contributed by atoms with Gasteiger partial charge in [-0.15, -0.1) is 0 Å². The monoisotopic (exact) mass is 426 g/mol. The van der Waals surface area contributed by atoms with Crippen LogP contribution in [-0.4, -0.2) is 41.6 Å². The summed E-state index contributed by atoms with van der Waals surface area (Å²) in [5.74, 6) is -0.798. The Morgan fingerprint density at radius 1 is 1.11 bits per heavy atom. The Balaban J connectivity index is 1.53. The molecule has 0 aliphatic carbocycles. The summed E-state index contributed by atoms with van der Waals surface area (Å²) in [5, 5.41) is 13.2. The third kappa shape index (κ3) is 5.08. The number of carbonyl (C=O) groups is 1. The van der Waals surface area contributed by atoms with Crippen LogP contribution >= 0.6 is 34.8 Å². The molecule has 27 heavy (non-hydrogen) atoms. The number of benzene rings is 2. The van der Waals surface area contributed by atoms with Gasteiger partial charge in [0.05, 0.1) is 15.1 Å². The minimum atomic E-state index is -0.454. The fourth-order valence-corrected chi connectivity index (χ4v) is 3.98. The van der Waals surface area contributed by atoms with E-state index in [2.05, 4.69) is 34.5 Å². The number of carbonyl (C=O) groups excluding carboxylic acids is 1. The van der Waals surface area contributed by atoms with E-state index in [1.807, 2.05) is 6.07 Å². The Kier molecular flexibility index (Phi) is 6.88. The Morgan fingerprint density at radius 2 is 1.78 bits per heavy atom. The van der Waals surface area contributed by atoms with E-state index in [0.717, 1.165) is 38.9 Å². The number of phenolic OH excluding ortho intramolecular Hbond substituents is 1. The Hall–Kier alpha value is -1.46. The van der Waals surface area contributed by atoms with Gasteiger partial charge in [0.25, 0.3) is 5.91 Å². The highest BCUT2D eigenvalue weighted by Crippen LogP contribution is 2.38. The zero-order valence-electron chi connectivity index (χ0n) is 14.7. The van der Waals surface area contributed by atoms with Crippen LogP contribution in [0.4, 0.5) is 0 Å². The first-order chi connectivity index (χ1) is 13.0. The number of phenols is 1. The topological polar surface area (TPSA) is 52.6 Å². The van der Waals surface area contributed by atoms with E-state index in [4.69, 9.17) is 34.8 Å². The summed E-state index contributed by atoms with van der Waals surface area (Å²) in [6.45, 7) is 2.82. The molecule has 0 bridgehead atoms. The van der Waals surface area contributed by atoms with Gasteiger partial charge in [-0.3, -0.25) is 4.79 Å². The highest BCUT2D eigenvalue weighted by atomic mass is 35.5. The van der Waals surface area contributed by atoms with Crippen molar-refractivity contribution in [2.24, 2.45) is 0 Å². The molecule has 0 aromatic heterocycles. The first kappa shape index (κ1) is 20.3. The van der Waals surface area contributed by atoms with Crippen molar-refractivity contribution in [1.29, 1.82) is 0 Å². The Bertz CT molecular complexity index is 780. The Morgan fingerprint density at radius 3 is 2.44 bits per heavy atom. The molecule has 3 rings (SSSR count). The lowest BCUT2D eigenvalue weighted by Gasteiger charge is -2.32. The minimum absolute atomic E-state index is 0.00489. The van der Waals surface area contributed by atoms with Crippen LogP contribution in [0.5, 0.6) is 5.75 Å². The fourth-order valence-electron chi connectivity index (χ4n) is 3.28. The third-order valence-electron chi connectivity index (χ3n) is 4.86. The average molecular weight is 428 g/mol. The molecule has 2 N–H and O–H groups in total. The van der Waals surface area contributed by atoms with Gasteiger partial charge in [0.1, 0.15) is 11.3 Å². The number of piperidine rings is 1. The van der Waals surface area contributed by atoms with E-state index >= 15 is 0 Å². The number of rotatable bonds is 5. The number of hydrogen-bond acceptors (Lipinski definition) is 3. The lowest BCUT2D eigenvalue weighted by molar-refractivity contribution is 0.0909. The predicted molar refractivity (Wildman–Crippen MR) is 110 cm³/mol. The molecular formula is C20H21Cl3N2O2. The molecule has 144 valence electrons. The van der Waals surface area contributed by atoms with Crippen LogP contribution < -0.4 is 5.32 Å². The van der Waals surface area contributed by atoms with Gasteiger partial charge in [0.2, 0.25) is 0 Å². The van der Waals surface area contributed by atoms with E-state index < -0.39 is 5.91 Å². The molecule has 1 amide bonds. The van der Waals surface area contributed by atoms with Crippen LogP contribution in [0.1, 0.15) is 28.8 Å². The van der Waals surface area contributed by atoms with Gasteiger partial charge in [0.15, 0.2) is 0 Å². The van der Waals surface area contributed by atoms with E-state index in [1.54, 1.807) is 0 Å². The average Bonchev–Trinajstić information content (AvgIpc) is 2.67. The van der Waals surface area contributed by atoms with E-state index in [0.29, 0.717) is 0 Å². The second-order valence-electron chi connectivity index (χ2n) is 6.70. The van der Waals surface area contributed by atoms with Gasteiger partial charge in [-0.05, 0) is 30.9 Å². The van der Waals surface area contributed by atoms with Crippen molar-refractivity contribution in [3.63, 3.8) is 0 Å². The highest BCUT2D eigenvalue weighted by molar-refractivity contribution is 6.45. The van der Waals surface area contributed by atoms with Crippen molar-refractivity contribution in [1.82, 2.24) is 10.2 Å². The quantitative estimate of drug-likeness (QED) is 0.675. The molecule has 0 saturated carbocycles. The normalized spacial score (nSPS) is 15.7. The molecule has 0 radical (unpaired) electrons. The van der Waals surface area contributed by atoms with E-state index in [1.165, 1.54) is 11.6 Å². The first-order valence-corrected chi connectivity index (χ1v) is 10.0. The number of halogens is 3. The highest BCUT2D eigenvalue weighted by Gasteiger charge is 2.25. The van der Waals surface area contributed by atoms with E-state index in [9.17, 15) is 9.90 Å². The molecule has 0 spiro atoms. The number of aromatic hydroxyl groups is 1. The molecule has 1 aliphatic heterocycles. The molecule has 1 heterocycles. The van der Waals surface area contributed by atoms with Crippen molar-refractivity contribution < 1.29 is 9.90 Å². The van der Waals surface area contributed by atoms with Crippen LogP contribution in [0, 0.1) is 0 Å². The second-order valence-corrected chi connectivity index (χ2v) is 7.90. The van der Waals surface area contributed by atoms with Gasteiger partial charge >= 0.3 is 0 Å². The molecule has 1 saturated heterocycles. The Labute approximate surface area is 174 Å². The molecule has 0 atom stereocenters. The summed E-state index contributed by atoms with van der Waals surface area (Å²) in [5.41, 5.74) is 1.26. The van der Waals surface area contributed by atoms with Gasteiger partial charge in [0, 0.05) is 25.7 Å². The molecule has 0 unspecified atom stereocenters. The molecule has 1 aliphatic rings. The maximum Gasteiger partial charge on any atom is 0.256 e. The van der Waals surface area contributed by atoms with Crippen LogP contribution in [0.15, 0.2) is 36.4 Å². The molecule has 2 aromatic carbocycles. The minimum Gasteiger partial charge on any atom is -0.505 e. The third-order valence-corrected chi connectivity index (χ3v) is 5.93. The van der Waals surface area contributed by atoms with Gasteiger partial charge in [-0.1, -0.05) is 65.1 Å². The summed E-state index contributed by atoms with van der Waals surface area (Å²) in [6, 6.07) is 11.8. The molecule has 4 nitrogen and oxygen atoms in total. The number of nitrogens with zero attached hydrogens (tertiary/aromatic N) is 1. The summed E-state index contributed by atoms with van der Waals surface area (Å²) >= 11 is 18.0. The molecule has 7 heteroatoms. The van der Waals surface area contributed by atoms with Crippen LogP contribution in [0.2, 0.25) is 15.1 Å². The SMILES string of the molecule is O=C(NC1CCN(CCc2ccccc2)CC1)c1c(O)c(Cl)cc(Cl)c1Cl. The van der Waals surface area contributed by atoms with Crippen LogP contribution in [-0.2, 0) is 6.42 Å².